The highest BCUT2D eigenvalue weighted by atomic mass is 79.9. The smallest absolute Gasteiger partial charge is 0.238 e. The number of hydrogen-bond acceptors (Lipinski definition) is 5. The van der Waals surface area contributed by atoms with Crippen molar-refractivity contribution < 1.29 is 9.84 Å². The average Bonchev–Trinajstić information content (AvgIpc) is 2.68. The Bertz CT molecular complexity index is 513. The van der Waals surface area contributed by atoms with Gasteiger partial charge in [0.25, 0.3) is 0 Å². The Kier molecular flexibility index (Phi) is 4.13. The molecule has 0 saturated carbocycles. The number of aromatic nitrogens is 2. The number of aliphatic hydroxyl groups excluding tert-OH is 1. The van der Waals surface area contributed by atoms with Gasteiger partial charge in [-0.15, -0.1) is 11.3 Å². The minimum atomic E-state index is -0.841. The molecule has 0 saturated heterocycles. The van der Waals surface area contributed by atoms with E-state index >= 15 is 0 Å². The quantitative estimate of drug-likeness (QED) is 0.889. The fourth-order valence-electron chi connectivity index (χ4n) is 1.31. The van der Waals surface area contributed by atoms with Gasteiger partial charge in [0, 0.05) is 21.7 Å². The first-order chi connectivity index (χ1) is 8.13. The maximum atomic E-state index is 10.2. The largest absolute Gasteiger partial charge is 0.480 e. The first kappa shape index (κ1) is 12.9. The van der Waals surface area contributed by atoms with Crippen LogP contribution in [0.1, 0.15) is 16.7 Å². The lowest BCUT2D eigenvalue weighted by molar-refractivity contribution is 0.211. The van der Waals surface area contributed by atoms with Crippen LogP contribution in [0.5, 0.6) is 5.88 Å². The van der Waals surface area contributed by atoms with Crippen molar-refractivity contribution >= 4 is 43.2 Å². The lowest BCUT2D eigenvalue weighted by atomic mass is 10.2. The van der Waals surface area contributed by atoms with Gasteiger partial charge in [-0.25, -0.2) is 4.98 Å². The SMILES string of the molecule is COc1nccnc1C(O)c1cc(Br)c(Br)s1. The van der Waals surface area contributed by atoms with Crippen LogP contribution in [0.3, 0.4) is 0 Å². The maximum absolute atomic E-state index is 10.2. The number of ether oxygens (including phenoxy) is 1. The summed E-state index contributed by atoms with van der Waals surface area (Å²) in [5, 5.41) is 10.2. The van der Waals surface area contributed by atoms with Crippen LogP contribution in [-0.4, -0.2) is 22.2 Å². The van der Waals surface area contributed by atoms with Crippen LogP contribution in [0.4, 0.5) is 0 Å². The maximum Gasteiger partial charge on any atom is 0.238 e. The molecule has 4 nitrogen and oxygen atoms in total. The van der Waals surface area contributed by atoms with Gasteiger partial charge < -0.3 is 9.84 Å². The van der Waals surface area contributed by atoms with E-state index in [0.29, 0.717) is 11.6 Å². The zero-order chi connectivity index (χ0) is 12.4. The average molecular weight is 380 g/mol. The lowest BCUT2D eigenvalue weighted by Crippen LogP contribution is -2.04. The monoisotopic (exact) mass is 378 g/mol. The molecule has 2 aromatic rings. The van der Waals surface area contributed by atoms with Crippen LogP contribution in [0.2, 0.25) is 0 Å². The molecule has 0 aliphatic carbocycles. The molecule has 0 amide bonds. The van der Waals surface area contributed by atoms with E-state index in [1.807, 2.05) is 6.07 Å². The van der Waals surface area contributed by atoms with E-state index in [1.54, 1.807) is 0 Å². The fourth-order valence-corrected chi connectivity index (χ4v) is 3.39. The first-order valence-electron chi connectivity index (χ1n) is 4.61. The van der Waals surface area contributed by atoms with Gasteiger partial charge in [0.15, 0.2) is 0 Å². The van der Waals surface area contributed by atoms with Crippen molar-refractivity contribution in [2.24, 2.45) is 0 Å². The summed E-state index contributed by atoms with van der Waals surface area (Å²) in [6, 6.07) is 1.84. The van der Waals surface area contributed by atoms with Crippen LogP contribution in [0, 0.1) is 0 Å². The number of aliphatic hydroxyl groups is 1. The summed E-state index contributed by atoms with van der Waals surface area (Å²) in [5.74, 6) is 0.334. The van der Waals surface area contributed by atoms with E-state index in [-0.39, 0.29) is 0 Å². The van der Waals surface area contributed by atoms with E-state index < -0.39 is 6.10 Å². The molecule has 0 aliphatic heterocycles. The predicted octanol–water partition coefficient (Wildman–Crippen LogP) is 3.15. The number of nitrogens with zero attached hydrogens (tertiary/aromatic N) is 2. The zero-order valence-electron chi connectivity index (χ0n) is 8.72. The summed E-state index contributed by atoms with van der Waals surface area (Å²) in [7, 11) is 1.50. The van der Waals surface area contributed by atoms with Gasteiger partial charge >= 0.3 is 0 Å². The minimum Gasteiger partial charge on any atom is -0.480 e. The van der Waals surface area contributed by atoms with Crippen molar-refractivity contribution in [1.29, 1.82) is 0 Å². The van der Waals surface area contributed by atoms with Crippen molar-refractivity contribution in [3.8, 4) is 5.88 Å². The normalized spacial score (nSPS) is 12.5. The van der Waals surface area contributed by atoms with Gasteiger partial charge in [0.2, 0.25) is 5.88 Å². The van der Waals surface area contributed by atoms with Gasteiger partial charge in [-0.1, -0.05) is 0 Å². The Balaban J connectivity index is 2.39. The predicted molar refractivity (Wildman–Crippen MR) is 72.4 cm³/mol. The fraction of sp³-hybridized carbons (Fsp3) is 0.200. The summed E-state index contributed by atoms with van der Waals surface area (Å²) < 4.78 is 6.90. The van der Waals surface area contributed by atoms with Crippen molar-refractivity contribution in [3.05, 3.63) is 37.3 Å². The van der Waals surface area contributed by atoms with E-state index in [9.17, 15) is 5.11 Å². The van der Waals surface area contributed by atoms with E-state index in [0.717, 1.165) is 13.1 Å². The molecule has 7 heteroatoms. The Morgan fingerprint density at radius 3 is 2.65 bits per heavy atom. The molecule has 2 heterocycles. The summed E-state index contributed by atoms with van der Waals surface area (Å²) >= 11 is 8.20. The number of halogens is 2. The second-order valence-electron chi connectivity index (χ2n) is 3.12. The number of rotatable bonds is 3. The van der Waals surface area contributed by atoms with Gasteiger partial charge in [-0.2, -0.15) is 0 Å². The van der Waals surface area contributed by atoms with Gasteiger partial charge in [-0.05, 0) is 37.9 Å². The van der Waals surface area contributed by atoms with Crippen molar-refractivity contribution in [2.45, 2.75) is 6.10 Å². The lowest BCUT2D eigenvalue weighted by Gasteiger charge is -2.10. The highest BCUT2D eigenvalue weighted by Gasteiger charge is 2.20. The molecule has 2 aromatic heterocycles. The second-order valence-corrected chi connectivity index (χ2v) is 6.38. The molecule has 0 aromatic carbocycles. The zero-order valence-corrected chi connectivity index (χ0v) is 12.7. The Morgan fingerprint density at radius 1 is 1.35 bits per heavy atom. The Labute approximate surface area is 119 Å². The molecule has 0 aliphatic rings. The minimum absolute atomic E-state index is 0.334. The molecule has 1 N–H and O–H groups in total. The van der Waals surface area contributed by atoms with E-state index in [2.05, 4.69) is 41.8 Å². The Morgan fingerprint density at radius 2 is 2.06 bits per heavy atom. The third-order valence-corrected chi connectivity index (χ3v) is 5.39. The molecule has 90 valence electrons. The van der Waals surface area contributed by atoms with Crippen molar-refractivity contribution in [2.75, 3.05) is 7.11 Å². The van der Waals surface area contributed by atoms with E-state index in [4.69, 9.17) is 4.74 Å². The molecule has 0 bridgehead atoms. The van der Waals surface area contributed by atoms with Crippen LogP contribution in [0.15, 0.2) is 26.7 Å². The highest BCUT2D eigenvalue weighted by Crippen LogP contribution is 2.38. The van der Waals surface area contributed by atoms with Crippen LogP contribution in [-0.2, 0) is 0 Å². The standard InChI is InChI=1S/C10H8Br2N2O2S/c1-16-10-7(13-2-3-14-10)8(15)6-4-5(11)9(12)17-6/h2-4,8,15H,1H3. The summed E-state index contributed by atoms with van der Waals surface area (Å²) in [6.45, 7) is 0. The molecule has 0 spiro atoms. The van der Waals surface area contributed by atoms with Crippen LogP contribution >= 0.6 is 43.2 Å². The molecule has 0 fully saturated rings. The van der Waals surface area contributed by atoms with Gasteiger partial charge in [0.05, 0.1) is 10.9 Å². The molecular weight excluding hydrogens is 372 g/mol. The summed E-state index contributed by atoms with van der Waals surface area (Å²) in [6.07, 6.45) is 2.21. The van der Waals surface area contributed by atoms with Gasteiger partial charge in [0.1, 0.15) is 11.8 Å². The molecule has 0 radical (unpaired) electrons. The van der Waals surface area contributed by atoms with E-state index in [1.165, 1.54) is 30.8 Å². The highest BCUT2D eigenvalue weighted by molar-refractivity contribution is 9.13. The number of thiophene rings is 1. The van der Waals surface area contributed by atoms with Crippen LogP contribution in [0.25, 0.3) is 0 Å². The van der Waals surface area contributed by atoms with Gasteiger partial charge in [-0.3, -0.25) is 4.98 Å². The molecular formula is C10H8Br2N2O2S. The number of methoxy groups -OCH3 is 1. The Hall–Kier alpha value is -0.500. The van der Waals surface area contributed by atoms with Crippen molar-refractivity contribution in [3.63, 3.8) is 0 Å². The summed E-state index contributed by atoms with van der Waals surface area (Å²) in [5.41, 5.74) is 0.413. The number of hydrogen-bond donors (Lipinski definition) is 1. The van der Waals surface area contributed by atoms with Crippen LogP contribution < -0.4 is 4.74 Å². The topological polar surface area (TPSA) is 55.2 Å². The summed E-state index contributed by atoms with van der Waals surface area (Å²) in [4.78, 5) is 8.88. The molecule has 2 rings (SSSR count). The first-order valence-corrected chi connectivity index (χ1v) is 7.01. The third kappa shape index (κ3) is 2.67. The molecule has 1 unspecified atom stereocenters. The molecule has 17 heavy (non-hydrogen) atoms. The molecule has 1 atom stereocenters. The second kappa shape index (κ2) is 5.43. The third-order valence-electron chi connectivity index (χ3n) is 2.08. The van der Waals surface area contributed by atoms with Crippen molar-refractivity contribution in [1.82, 2.24) is 9.97 Å².